The third-order valence-electron chi connectivity index (χ3n) is 4.63. The van der Waals surface area contributed by atoms with Crippen LogP contribution in [0.25, 0.3) is 0 Å². The van der Waals surface area contributed by atoms with Crippen molar-refractivity contribution in [2.45, 2.75) is 13.0 Å². The van der Waals surface area contributed by atoms with Crippen molar-refractivity contribution in [3.63, 3.8) is 0 Å². The molecule has 2 aromatic rings. The van der Waals surface area contributed by atoms with Crippen LogP contribution in [0.5, 0.6) is 5.75 Å². The van der Waals surface area contributed by atoms with Gasteiger partial charge in [-0.2, -0.15) is 0 Å². The molecule has 1 atom stereocenters. The number of anilines is 1. The minimum absolute atomic E-state index is 0.0794. The molecule has 0 saturated carbocycles. The van der Waals surface area contributed by atoms with Crippen molar-refractivity contribution < 1.29 is 19.2 Å². The summed E-state index contributed by atoms with van der Waals surface area (Å²) in [6, 6.07) is 12.6. The van der Waals surface area contributed by atoms with Crippen LogP contribution in [0.3, 0.4) is 0 Å². The van der Waals surface area contributed by atoms with E-state index in [0.29, 0.717) is 33.4 Å². The molecule has 150 valence electrons. The van der Waals surface area contributed by atoms with Gasteiger partial charge in [-0.3, -0.25) is 15.0 Å². The normalized spacial score (nSPS) is 16.3. The molecule has 1 aliphatic rings. The van der Waals surface area contributed by atoms with Gasteiger partial charge in [-0.15, -0.1) is 0 Å². The summed E-state index contributed by atoms with van der Waals surface area (Å²) in [5, 5.41) is 14.6. The van der Waals surface area contributed by atoms with E-state index in [1.807, 2.05) is 18.2 Å². The summed E-state index contributed by atoms with van der Waals surface area (Å²) in [6.45, 7) is 1.75. The predicted molar refractivity (Wildman–Crippen MR) is 112 cm³/mol. The van der Waals surface area contributed by atoms with Crippen LogP contribution in [-0.2, 0) is 9.53 Å². The van der Waals surface area contributed by atoms with Crippen LogP contribution in [0.4, 0.5) is 11.4 Å². The number of non-ortho nitro benzene ring substituents is 1. The fourth-order valence-corrected chi connectivity index (χ4v) is 3.64. The largest absolute Gasteiger partial charge is 0.495 e. The first-order valence-electron chi connectivity index (χ1n) is 8.66. The van der Waals surface area contributed by atoms with E-state index in [1.54, 1.807) is 37.1 Å². The van der Waals surface area contributed by atoms with Crippen molar-refractivity contribution in [3.05, 3.63) is 75.5 Å². The van der Waals surface area contributed by atoms with Gasteiger partial charge in [-0.05, 0) is 36.8 Å². The minimum Gasteiger partial charge on any atom is -0.495 e. The summed E-state index contributed by atoms with van der Waals surface area (Å²) in [4.78, 5) is 25.0. The molecular weight excluding hydrogens is 394 g/mol. The number of allylic oxidation sites excluding steroid dienone is 1. The number of para-hydroxylation sites is 2. The lowest BCUT2D eigenvalue weighted by Gasteiger charge is -2.37. The fraction of sp³-hybridized carbons (Fsp3) is 0.200. The summed E-state index contributed by atoms with van der Waals surface area (Å²) in [6.07, 6.45) is 0. The third-order valence-corrected chi connectivity index (χ3v) is 4.93. The van der Waals surface area contributed by atoms with E-state index in [0.717, 1.165) is 0 Å². The minimum atomic E-state index is -0.694. The first-order chi connectivity index (χ1) is 13.9. The van der Waals surface area contributed by atoms with Gasteiger partial charge in [0.25, 0.3) is 5.69 Å². The molecule has 0 saturated heterocycles. The Morgan fingerprint density at radius 3 is 2.59 bits per heavy atom. The Labute approximate surface area is 172 Å². The topological polar surface area (TPSA) is 93.9 Å². The number of nitro groups is 1. The van der Waals surface area contributed by atoms with Crippen molar-refractivity contribution in [2.24, 2.45) is 0 Å². The number of ether oxygens (including phenoxy) is 2. The first-order valence-corrected chi connectivity index (χ1v) is 9.07. The molecule has 1 heterocycles. The molecule has 0 radical (unpaired) electrons. The maximum absolute atomic E-state index is 12.7. The Balaban J connectivity index is 2.18. The second-order valence-corrected chi connectivity index (χ2v) is 6.62. The molecule has 0 spiro atoms. The van der Waals surface area contributed by atoms with Gasteiger partial charge >= 0.3 is 5.97 Å². The molecular formula is C20H19N3O5S. The number of esters is 1. The van der Waals surface area contributed by atoms with Crippen molar-refractivity contribution in [1.29, 1.82) is 0 Å². The summed E-state index contributed by atoms with van der Waals surface area (Å²) < 4.78 is 10.4. The lowest BCUT2D eigenvalue weighted by Crippen LogP contribution is -2.48. The van der Waals surface area contributed by atoms with Crippen LogP contribution in [-0.4, -0.2) is 30.2 Å². The fourth-order valence-electron chi connectivity index (χ4n) is 3.29. The Bertz CT molecular complexity index is 1020. The number of nitrogens with one attached hydrogen (secondary N) is 1. The summed E-state index contributed by atoms with van der Waals surface area (Å²) in [7, 11) is 2.83. The summed E-state index contributed by atoms with van der Waals surface area (Å²) in [5.41, 5.74) is 1.95. The number of nitro benzene ring substituents is 1. The standard InChI is InChI=1S/C20H19N3O5S/c1-12-17(19(24)28-3)18(13-7-6-8-14(11-13)23(25)26)21-20(29)22(12)15-9-4-5-10-16(15)27-2/h4-11,18H,1-3H3,(H,21,29)/t18-/m0/s1. The highest BCUT2D eigenvalue weighted by Gasteiger charge is 2.36. The number of hydrogen-bond acceptors (Lipinski definition) is 6. The van der Waals surface area contributed by atoms with Crippen molar-refractivity contribution in [1.82, 2.24) is 5.32 Å². The highest BCUT2D eigenvalue weighted by molar-refractivity contribution is 7.80. The molecule has 0 amide bonds. The number of methoxy groups -OCH3 is 2. The quantitative estimate of drug-likeness (QED) is 0.345. The molecule has 1 aliphatic heterocycles. The Kier molecular flexibility index (Phi) is 5.79. The number of carbonyl (C=O) groups excluding carboxylic acids is 1. The Hall–Kier alpha value is -3.46. The van der Waals surface area contributed by atoms with Crippen molar-refractivity contribution in [3.8, 4) is 5.75 Å². The summed E-state index contributed by atoms with van der Waals surface area (Å²) in [5.74, 6) is 0.0166. The van der Waals surface area contributed by atoms with Gasteiger partial charge in [0, 0.05) is 17.8 Å². The molecule has 0 unspecified atom stereocenters. The highest BCUT2D eigenvalue weighted by Crippen LogP contribution is 2.38. The third kappa shape index (κ3) is 3.77. The van der Waals surface area contributed by atoms with Crippen molar-refractivity contribution in [2.75, 3.05) is 19.1 Å². The first kappa shape index (κ1) is 20.3. The zero-order chi connectivity index (χ0) is 21.1. The van der Waals surface area contributed by atoms with Crippen molar-refractivity contribution >= 4 is 34.7 Å². The predicted octanol–water partition coefficient (Wildman–Crippen LogP) is 3.49. The molecule has 29 heavy (non-hydrogen) atoms. The lowest BCUT2D eigenvalue weighted by molar-refractivity contribution is -0.384. The molecule has 0 fully saturated rings. The SMILES string of the molecule is COC(=O)C1=C(C)N(c2ccccc2OC)C(=S)N[C@H]1c1cccc([N+](=O)[O-])c1. The molecule has 0 bridgehead atoms. The smallest absolute Gasteiger partial charge is 0.337 e. The maximum atomic E-state index is 12.7. The van der Waals surface area contributed by atoms with E-state index in [-0.39, 0.29) is 5.69 Å². The number of carbonyl (C=O) groups is 1. The van der Waals surface area contributed by atoms with E-state index < -0.39 is 16.9 Å². The number of benzene rings is 2. The average molecular weight is 413 g/mol. The molecule has 1 N–H and O–H groups in total. The van der Waals surface area contributed by atoms with Gasteiger partial charge in [0.1, 0.15) is 5.75 Å². The maximum Gasteiger partial charge on any atom is 0.337 e. The van der Waals surface area contributed by atoms with Crippen LogP contribution in [0.2, 0.25) is 0 Å². The van der Waals surface area contributed by atoms with Gasteiger partial charge in [-0.25, -0.2) is 4.79 Å². The van der Waals surface area contributed by atoms with Gasteiger partial charge < -0.3 is 14.8 Å². The molecule has 2 aromatic carbocycles. The highest BCUT2D eigenvalue weighted by atomic mass is 32.1. The lowest BCUT2D eigenvalue weighted by atomic mass is 9.94. The van der Waals surface area contributed by atoms with Crippen LogP contribution in [0, 0.1) is 10.1 Å². The Morgan fingerprint density at radius 2 is 1.93 bits per heavy atom. The van der Waals surface area contributed by atoms with Gasteiger partial charge in [0.05, 0.1) is 36.4 Å². The monoisotopic (exact) mass is 413 g/mol. The van der Waals surface area contributed by atoms with E-state index in [1.165, 1.54) is 19.2 Å². The molecule has 3 rings (SSSR count). The number of thiocarbonyl (C=S) groups is 1. The van der Waals surface area contributed by atoms with E-state index in [4.69, 9.17) is 21.7 Å². The van der Waals surface area contributed by atoms with E-state index >= 15 is 0 Å². The number of rotatable bonds is 5. The molecule has 8 nitrogen and oxygen atoms in total. The number of nitrogens with zero attached hydrogens (tertiary/aromatic N) is 2. The second kappa shape index (κ2) is 8.27. The molecule has 9 heteroatoms. The van der Waals surface area contributed by atoms with Crippen LogP contribution < -0.4 is 15.0 Å². The Morgan fingerprint density at radius 1 is 1.21 bits per heavy atom. The van der Waals surface area contributed by atoms with Gasteiger partial charge in [0.15, 0.2) is 5.11 Å². The van der Waals surface area contributed by atoms with E-state index in [2.05, 4.69) is 5.32 Å². The zero-order valence-electron chi connectivity index (χ0n) is 16.0. The van der Waals surface area contributed by atoms with E-state index in [9.17, 15) is 14.9 Å². The van der Waals surface area contributed by atoms with Crippen LogP contribution in [0.1, 0.15) is 18.5 Å². The zero-order valence-corrected chi connectivity index (χ0v) is 16.9. The molecule has 0 aliphatic carbocycles. The van der Waals surface area contributed by atoms with Crippen LogP contribution >= 0.6 is 12.2 Å². The van der Waals surface area contributed by atoms with Crippen LogP contribution in [0.15, 0.2) is 59.8 Å². The number of hydrogen-bond donors (Lipinski definition) is 1. The average Bonchev–Trinajstić information content (AvgIpc) is 2.73. The molecule has 0 aromatic heterocycles. The summed E-state index contributed by atoms with van der Waals surface area (Å²) >= 11 is 5.57. The van der Waals surface area contributed by atoms with Gasteiger partial charge in [-0.1, -0.05) is 24.3 Å². The second-order valence-electron chi connectivity index (χ2n) is 6.23. The van der Waals surface area contributed by atoms with Gasteiger partial charge in [0.2, 0.25) is 0 Å².